The summed E-state index contributed by atoms with van der Waals surface area (Å²) >= 11 is 5.50. The zero-order chi connectivity index (χ0) is 12.0. The maximum Gasteiger partial charge on any atom is 0.252 e. The molecule has 0 saturated heterocycles. The second-order valence-electron chi connectivity index (χ2n) is 4.31. The van der Waals surface area contributed by atoms with Crippen molar-refractivity contribution in [3.63, 3.8) is 0 Å². The minimum atomic E-state index is -0.435. The van der Waals surface area contributed by atoms with Gasteiger partial charge in [0.1, 0.15) is 5.82 Å². The van der Waals surface area contributed by atoms with Crippen LogP contribution in [0.4, 0.5) is 5.82 Å². The SMILES string of the molecule is Nc1nc2ccc(C(=O)Cl)cc2c2c1CCC2. The highest BCUT2D eigenvalue weighted by atomic mass is 35.5. The molecule has 1 aromatic heterocycles. The molecule has 0 atom stereocenters. The predicted molar refractivity (Wildman–Crippen MR) is 68.4 cm³/mol. The van der Waals surface area contributed by atoms with Gasteiger partial charge in [0, 0.05) is 10.9 Å². The highest BCUT2D eigenvalue weighted by Gasteiger charge is 2.18. The zero-order valence-electron chi connectivity index (χ0n) is 9.16. The number of halogens is 1. The molecular weight excluding hydrogens is 236 g/mol. The molecule has 1 aliphatic carbocycles. The van der Waals surface area contributed by atoms with Gasteiger partial charge in [0.2, 0.25) is 0 Å². The molecule has 0 bridgehead atoms. The Labute approximate surface area is 104 Å². The number of pyridine rings is 1. The number of benzene rings is 1. The topological polar surface area (TPSA) is 56.0 Å². The number of rotatable bonds is 1. The van der Waals surface area contributed by atoms with Gasteiger partial charge >= 0.3 is 0 Å². The summed E-state index contributed by atoms with van der Waals surface area (Å²) in [6, 6.07) is 5.31. The molecular formula is C13H11ClN2O. The minimum Gasteiger partial charge on any atom is -0.383 e. The van der Waals surface area contributed by atoms with E-state index < -0.39 is 5.24 Å². The minimum absolute atomic E-state index is 0.435. The lowest BCUT2D eigenvalue weighted by molar-refractivity contribution is 0.108. The average molecular weight is 247 g/mol. The first-order valence-corrected chi connectivity index (χ1v) is 5.95. The van der Waals surface area contributed by atoms with Crippen LogP contribution < -0.4 is 5.73 Å². The number of hydrogen-bond acceptors (Lipinski definition) is 3. The van der Waals surface area contributed by atoms with E-state index in [9.17, 15) is 4.79 Å². The van der Waals surface area contributed by atoms with Crippen LogP contribution in [0.15, 0.2) is 18.2 Å². The van der Waals surface area contributed by atoms with Crippen molar-refractivity contribution in [3.8, 4) is 0 Å². The van der Waals surface area contributed by atoms with Crippen molar-refractivity contribution in [2.45, 2.75) is 19.3 Å². The number of aromatic nitrogens is 1. The first kappa shape index (κ1) is 10.5. The van der Waals surface area contributed by atoms with Gasteiger partial charge in [-0.15, -0.1) is 0 Å². The van der Waals surface area contributed by atoms with Crippen molar-refractivity contribution in [2.75, 3.05) is 5.73 Å². The van der Waals surface area contributed by atoms with Crippen molar-refractivity contribution in [1.82, 2.24) is 4.98 Å². The van der Waals surface area contributed by atoms with Crippen LogP contribution in [0.5, 0.6) is 0 Å². The lowest BCUT2D eigenvalue weighted by Gasteiger charge is -2.08. The Balaban J connectivity index is 2.35. The smallest absolute Gasteiger partial charge is 0.252 e. The zero-order valence-corrected chi connectivity index (χ0v) is 9.92. The first-order chi connectivity index (χ1) is 8.16. The molecule has 4 heteroatoms. The summed E-state index contributed by atoms with van der Waals surface area (Å²) in [5.74, 6) is 0.620. The van der Waals surface area contributed by atoms with Gasteiger partial charge in [0.25, 0.3) is 5.24 Å². The van der Waals surface area contributed by atoms with Gasteiger partial charge in [-0.3, -0.25) is 4.79 Å². The number of fused-ring (bicyclic) bond motifs is 3. The largest absolute Gasteiger partial charge is 0.383 e. The Morgan fingerprint density at radius 1 is 1.29 bits per heavy atom. The molecule has 86 valence electrons. The van der Waals surface area contributed by atoms with E-state index in [0.29, 0.717) is 11.4 Å². The average Bonchev–Trinajstić information content (AvgIpc) is 2.78. The molecule has 0 saturated carbocycles. The third kappa shape index (κ3) is 1.58. The normalized spacial score (nSPS) is 13.9. The van der Waals surface area contributed by atoms with Crippen molar-refractivity contribution in [1.29, 1.82) is 0 Å². The molecule has 2 N–H and O–H groups in total. The molecule has 3 rings (SSSR count). The summed E-state index contributed by atoms with van der Waals surface area (Å²) in [5.41, 5.74) is 9.65. The number of nitrogens with two attached hydrogens (primary N) is 1. The number of nitrogens with zero attached hydrogens (tertiary/aromatic N) is 1. The van der Waals surface area contributed by atoms with Gasteiger partial charge in [0.15, 0.2) is 0 Å². The molecule has 1 aliphatic rings. The first-order valence-electron chi connectivity index (χ1n) is 5.57. The van der Waals surface area contributed by atoms with Crippen LogP contribution in [-0.2, 0) is 12.8 Å². The fourth-order valence-corrected chi connectivity index (χ4v) is 2.64. The maximum atomic E-state index is 11.2. The lowest BCUT2D eigenvalue weighted by Crippen LogP contribution is -2.00. The van der Waals surface area contributed by atoms with Gasteiger partial charge in [-0.1, -0.05) is 0 Å². The Morgan fingerprint density at radius 2 is 2.06 bits per heavy atom. The van der Waals surface area contributed by atoms with Crippen LogP contribution in [0.3, 0.4) is 0 Å². The number of hydrogen-bond donors (Lipinski definition) is 1. The fourth-order valence-electron chi connectivity index (χ4n) is 2.52. The van der Waals surface area contributed by atoms with Gasteiger partial charge in [-0.25, -0.2) is 4.98 Å². The number of carbonyl (C=O) groups is 1. The summed E-state index contributed by atoms with van der Waals surface area (Å²) in [6.07, 6.45) is 3.07. The number of nitrogen functional groups attached to an aromatic ring is 1. The molecule has 0 fully saturated rings. The number of aryl methyl sites for hydroxylation is 1. The molecule has 3 nitrogen and oxygen atoms in total. The molecule has 0 unspecified atom stereocenters. The Hall–Kier alpha value is -1.61. The Morgan fingerprint density at radius 3 is 2.82 bits per heavy atom. The standard InChI is InChI=1S/C13H11ClN2O/c14-12(17)7-4-5-11-10(6-7)8-2-1-3-9(8)13(15)16-11/h4-6H,1-3H2,(H2,15,16). The molecule has 0 radical (unpaired) electrons. The summed E-state index contributed by atoms with van der Waals surface area (Å²) < 4.78 is 0. The molecule has 2 aromatic rings. The van der Waals surface area contributed by atoms with Crippen molar-refractivity contribution in [3.05, 3.63) is 34.9 Å². The van der Waals surface area contributed by atoms with E-state index in [-0.39, 0.29) is 0 Å². The molecule has 0 aliphatic heterocycles. The number of anilines is 1. The van der Waals surface area contributed by atoms with Crippen LogP contribution in [-0.4, -0.2) is 10.2 Å². The third-order valence-electron chi connectivity index (χ3n) is 3.32. The molecule has 17 heavy (non-hydrogen) atoms. The van der Waals surface area contributed by atoms with E-state index in [2.05, 4.69) is 4.98 Å². The van der Waals surface area contributed by atoms with Crippen LogP contribution in [0.2, 0.25) is 0 Å². The fraction of sp³-hybridized carbons (Fsp3) is 0.231. The van der Waals surface area contributed by atoms with E-state index in [0.717, 1.165) is 35.7 Å². The van der Waals surface area contributed by atoms with Crippen LogP contribution >= 0.6 is 11.6 Å². The van der Waals surface area contributed by atoms with E-state index in [1.807, 2.05) is 6.07 Å². The molecule has 0 amide bonds. The quantitative estimate of drug-likeness (QED) is 0.787. The van der Waals surface area contributed by atoms with Gasteiger partial charge in [0.05, 0.1) is 5.52 Å². The molecule has 1 aromatic carbocycles. The maximum absolute atomic E-state index is 11.2. The van der Waals surface area contributed by atoms with Gasteiger partial charge in [-0.2, -0.15) is 0 Å². The van der Waals surface area contributed by atoms with E-state index in [4.69, 9.17) is 17.3 Å². The van der Waals surface area contributed by atoms with E-state index in [1.54, 1.807) is 12.1 Å². The monoisotopic (exact) mass is 246 g/mol. The summed E-state index contributed by atoms with van der Waals surface area (Å²) in [7, 11) is 0. The number of carbonyl (C=O) groups excluding carboxylic acids is 1. The lowest BCUT2D eigenvalue weighted by atomic mass is 10.0. The van der Waals surface area contributed by atoms with Crippen molar-refractivity contribution in [2.24, 2.45) is 0 Å². The van der Waals surface area contributed by atoms with Gasteiger partial charge < -0.3 is 5.73 Å². The van der Waals surface area contributed by atoms with Crippen LogP contribution in [0.1, 0.15) is 27.9 Å². The Bertz CT molecular complexity index is 637. The highest BCUT2D eigenvalue weighted by molar-refractivity contribution is 6.67. The van der Waals surface area contributed by atoms with Crippen molar-refractivity contribution >= 4 is 33.6 Å². The predicted octanol–water partition coefficient (Wildman–Crippen LogP) is 2.68. The van der Waals surface area contributed by atoms with E-state index >= 15 is 0 Å². The molecule has 0 spiro atoms. The second-order valence-corrected chi connectivity index (χ2v) is 4.66. The third-order valence-corrected chi connectivity index (χ3v) is 3.53. The highest BCUT2D eigenvalue weighted by Crippen LogP contribution is 2.32. The van der Waals surface area contributed by atoms with Gasteiger partial charge in [-0.05, 0) is 60.2 Å². The van der Waals surface area contributed by atoms with Crippen molar-refractivity contribution < 1.29 is 4.79 Å². The second kappa shape index (κ2) is 3.70. The summed E-state index contributed by atoms with van der Waals surface area (Å²) in [6.45, 7) is 0. The van der Waals surface area contributed by atoms with Crippen LogP contribution in [0.25, 0.3) is 10.9 Å². The summed E-state index contributed by atoms with van der Waals surface area (Å²) in [4.78, 5) is 15.5. The Kier molecular flexibility index (Phi) is 2.30. The van der Waals surface area contributed by atoms with E-state index in [1.165, 1.54) is 5.56 Å². The van der Waals surface area contributed by atoms with Crippen LogP contribution in [0, 0.1) is 0 Å². The summed E-state index contributed by atoms with van der Waals surface area (Å²) in [5, 5.41) is 0.577. The molecule has 1 heterocycles.